The molecule has 0 bridgehead atoms. The number of pyridine rings is 1. The number of aromatic nitrogens is 1. The average Bonchev–Trinajstić information content (AvgIpc) is 2.47. The molecular formula is C15H24N2O. The normalized spacial score (nSPS) is 18.9. The Morgan fingerprint density at radius 3 is 2.61 bits per heavy atom. The summed E-state index contributed by atoms with van der Waals surface area (Å²) >= 11 is 0. The molecule has 18 heavy (non-hydrogen) atoms. The van der Waals surface area contributed by atoms with Crippen molar-refractivity contribution in [2.45, 2.75) is 39.2 Å². The quantitative estimate of drug-likeness (QED) is 0.819. The number of hydrogen-bond donors (Lipinski definition) is 0. The second-order valence-electron chi connectivity index (χ2n) is 5.14. The zero-order valence-corrected chi connectivity index (χ0v) is 11.7. The average molecular weight is 248 g/mol. The van der Waals surface area contributed by atoms with Gasteiger partial charge in [0.2, 0.25) is 0 Å². The first-order valence-corrected chi connectivity index (χ1v) is 6.97. The van der Waals surface area contributed by atoms with Crippen molar-refractivity contribution in [3.8, 4) is 0 Å². The van der Waals surface area contributed by atoms with Crippen LogP contribution in [-0.4, -0.2) is 31.3 Å². The highest BCUT2D eigenvalue weighted by molar-refractivity contribution is 5.39. The molecule has 1 aliphatic heterocycles. The monoisotopic (exact) mass is 248 g/mol. The molecule has 1 aliphatic rings. The maximum absolute atomic E-state index is 5.43. The molecule has 2 heterocycles. The molecule has 3 heteroatoms. The van der Waals surface area contributed by atoms with Gasteiger partial charge in [-0.25, -0.2) is 4.98 Å². The van der Waals surface area contributed by atoms with E-state index in [4.69, 9.17) is 4.74 Å². The van der Waals surface area contributed by atoms with Gasteiger partial charge in [0.1, 0.15) is 5.82 Å². The van der Waals surface area contributed by atoms with Crippen molar-refractivity contribution in [3.63, 3.8) is 0 Å². The Hall–Kier alpha value is -1.09. The predicted molar refractivity (Wildman–Crippen MR) is 75.0 cm³/mol. The Morgan fingerprint density at radius 1 is 1.39 bits per heavy atom. The number of hydrogen-bond acceptors (Lipinski definition) is 3. The maximum Gasteiger partial charge on any atom is 0.128 e. The van der Waals surface area contributed by atoms with Crippen LogP contribution in [0.3, 0.4) is 0 Å². The van der Waals surface area contributed by atoms with E-state index in [0.717, 1.165) is 25.3 Å². The molecule has 0 radical (unpaired) electrons. The van der Waals surface area contributed by atoms with E-state index < -0.39 is 0 Å². The first-order chi connectivity index (χ1) is 8.74. The van der Waals surface area contributed by atoms with E-state index in [1.165, 1.54) is 18.4 Å². The van der Waals surface area contributed by atoms with Crippen LogP contribution in [0.4, 0.5) is 5.82 Å². The topological polar surface area (TPSA) is 25.4 Å². The minimum Gasteiger partial charge on any atom is -0.381 e. The van der Waals surface area contributed by atoms with E-state index in [2.05, 4.69) is 35.9 Å². The summed E-state index contributed by atoms with van der Waals surface area (Å²) in [5, 5.41) is 0. The van der Waals surface area contributed by atoms with Crippen molar-refractivity contribution in [1.29, 1.82) is 0 Å². The smallest absolute Gasteiger partial charge is 0.128 e. The van der Waals surface area contributed by atoms with Gasteiger partial charge in [-0.15, -0.1) is 0 Å². The molecule has 0 aromatic carbocycles. The van der Waals surface area contributed by atoms with Crippen LogP contribution in [0.2, 0.25) is 0 Å². The van der Waals surface area contributed by atoms with Gasteiger partial charge in [0, 0.05) is 26.4 Å². The van der Waals surface area contributed by atoms with Crippen molar-refractivity contribution in [2.24, 2.45) is 5.92 Å². The summed E-state index contributed by atoms with van der Waals surface area (Å²) in [6, 6.07) is 4.34. The zero-order valence-electron chi connectivity index (χ0n) is 11.7. The van der Waals surface area contributed by atoms with Crippen molar-refractivity contribution in [1.82, 2.24) is 4.98 Å². The van der Waals surface area contributed by atoms with Crippen LogP contribution in [-0.2, 0) is 11.2 Å². The molecule has 0 N–H and O–H groups in total. The molecule has 3 nitrogen and oxygen atoms in total. The zero-order chi connectivity index (χ0) is 13.0. The van der Waals surface area contributed by atoms with Gasteiger partial charge < -0.3 is 9.64 Å². The van der Waals surface area contributed by atoms with Crippen LogP contribution in [0.15, 0.2) is 18.3 Å². The number of aryl methyl sites for hydroxylation is 1. The summed E-state index contributed by atoms with van der Waals surface area (Å²) in [7, 11) is 1.81. The van der Waals surface area contributed by atoms with Gasteiger partial charge in [0.15, 0.2) is 0 Å². The fourth-order valence-corrected chi connectivity index (χ4v) is 2.60. The van der Waals surface area contributed by atoms with Gasteiger partial charge in [-0.2, -0.15) is 0 Å². The SMILES string of the molecule is CCc1ccc(N2CCC(C(C)OC)CC2)nc1. The molecule has 1 aromatic rings. The summed E-state index contributed by atoms with van der Waals surface area (Å²) in [5.74, 6) is 1.82. The van der Waals surface area contributed by atoms with Crippen molar-refractivity contribution >= 4 is 5.82 Å². The lowest BCUT2D eigenvalue weighted by molar-refractivity contribution is 0.0564. The van der Waals surface area contributed by atoms with Gasteiger partial charge in [0.25, 0.3) is 0 Å². The number of anilines is 1. The van der Waals surface area contributed by atoms with Crippen LogP contribution < -0.4 is 4.90 Å². The van der Waals surface area contributed by atoms with Gasteiger partial charge in [0.05, 0.1) is 6.10 Å². The third-order valence-electron chi connectivity index (χ3n) is 4.12. The first-order valence-electron chi connectivity index (χ1n) is 6.97. The van der Waals surface area contributed by atoms with E-state index >= 15 is 0 Å². The van der Waals surface area contributed by atoms with E-state index in [0.29, 0.717) is 12.0 Å². The van der Waals surface area contributed by atoms with Crippen molar-refractivity contribution in [3.05, 3.63) is 23.9 Å². The number of nitrogens with zero attached hydrogens (tertiary/aromatic N) is 2. The number of ether oxygens (including phenoxy) is 1. The Bertz CT molecular complexity index is 355. The molecule has 1 fully saturated rings. The molecule has 1 unspecified atom stereocenters. The van der Waals surface area contributed by atoms with Crippen LogP contribution in [0.25, 0.3) is 0 Å². The van der Waals surface area contributed by atoms with Crippen LogP contribution in [0.5, 0.6) is 0 Å². The second kappa shape index (κ2) is 6.19. The molecule has 0 saturated carbocycles. The first kappa shape index (κ1) is 13.3. The predicted octanol–water partition coefficient (Wildman–Crippen LogP) is 2.90. The van der Waals surface area contributed by atoms with Crippen molar-refractivity contribution in [2.75, 3.05) is 25.1 Å². The Kier molecular flexibility index (Phi) is 4.59. The Labute approximate surface area is 110 Å². The molecule has 0 aliphatic carbocycles. The largest absolute Gasteiger partial charge is 0.381 e. The third-order valence-corrected chi connectivity index (χ3v) is 4.12. The van der Waals surface area contributed by atoms with Crippen LogP contribution in [0.1, 0.15) is 32.3 Å². The van der Waals surface area contributed by atoms with E-state index in [9.17, 15) is 0 Å². The fourth-order valence-electron chi connectivity index (χ4n) is 2.60. The summed E-state index contributed by atoms with van der Waals surface area (Å²) in [4.78, 5) is 6.95. The van der Waals surface area contributed by atoms with E-state index in [1.54, 1.807) is 0 Å². The molecular weight excluding hydrogens is 224 g/mol. The molecule has 2 rings (SSSR count). The summed E-state index contributed by atoms with van der Waals surface area (Å²) in [5.41, 5.74) is 1.31. The van der Waals surface area contributed by atoms with Crippen LogP contribution >= 0.6 is 0 Å². The lowest BCUT2D eigenvalue weighted by atomic mass is 9.92. The van der Waals surface area contributed by atoms with Gasteiger partial charge in [-0.05, 0) is 43.7 Å². The van der Waals surface area contributed by atoms with Gasteiger partial charge in [-0.1, -0.05) is 13.0 Å². The molecule has 1 saturated heterocycles. The lowest BCUT2D eigenvalue weighted by Gasteiger charge is -2.35. The molecule has 0 spiro atoms. The highest BCUT2D eigenvalue weighted by atomic mass is 16.5. The van der Waals surface area contributed by atoms with Gasteiger partial charge >= 0.3 is 0 Å². The highest BCUT2D eigenvalue weighted by Crippen LogP contribution is 2.25. The van der Waals surface area contributed by atoms with Crippen LogP contribution in [0, 0.1) is 5.92 Å². The van der Waals surface area contributed by atoms with E-state index in [1.807, 2.05) is 13.3 Å². The number of rotatable bonds is 4. The molecule has 1 aromatic heterocycles. The Balaban J connectivity index is 1.92. The minimum absolute atomic E-state index is 0.377. The summed E-state index contributed by atoms with van der Waals surface area (Å²) < 4.78 is 5.43. The molecule has 100 valence electrons. The number of piperidine rings is 1. The molecule has 1 atom stereocenters. The minimum atomic E-state index is 0.377. The number of methoxy groups -OCH3 is 1. The summed E-state index contributed by atoms with van der Waals surface area (Å²) in [6.45, 7) is 6.52. The second-order valence-corrected chi connectivity index (χ2v) is 5.14. The standard InChI is InChI=1S/C15H24N2O/c1-4-13-5-6-15(16-11-13)17-9-7-14(8-10-17)12(2)18-3/h5-6,11-12,14H,4,7-10H2,1-3H3. The van der Waals surface area contributed by atoms with Gasteiger partial charge in [-0.3, -0.25) is 0 Å². The highest BCUT2D eigenvalue weighted by Gasteiger charge is 2.24. The Morgan fingerprint density at radius 2 is 2.11 bits per heavy atom. The summed E-state index contributed by atoms with van der Waals surface area (Å²) in [6.07, 6.45) is 5.83. The molecule has 0 amide bonds. The third kappa shape index (κ3) is 3.02. The lowest BCUT2D eigenvalue weighted by Crippen LogP contribution is -2.37. The fraction of sp³-hybridized carbons (Fsp3) is 0.667. The van der Waals surface area contributed by atoms with Crippen molar-refractivity contribution < 1.29 is 4.74 Å². The maximum atomic E-state index is 5.43. The van der Waals surface area contributed by atoms with E-state index in [-0.39, 0.29) is 0 Å².